The van der Waals surface area contributed by atoms with Crippen LogP contribution >= 0.6 is 0 Å². The smallest absolute Gasteiger partial charge is 0.306 e. The van der Waals surface area contributed by atoms with E-state index in [1.807, 2.05) is 6.92 Å². The summed E-state index contributed by atoms with van der Waals surface area (Å²) < 4.78 is 31.7. The normalized spacial score (nSPS) is 12.0. The fourth-order valence-electron chi connectivity index (χ4n) is 2.18. The van der Waals surface area contributed by atoms with Crippen LogP contribution in [0, 0.1) is 0 Å². The molecule has 0 N–H and O–H groups in total. The minimum Gasteiger partial charge on any atom is -0.461 e. The number of ether oxygens (including phenoxy) is 1. The number of hydrogen-bond donors (Lipinski definition) is 0. The summed E-state index contributed by atoms with van der Waals surface area (Å²) in [5.74, 6) is -3.09. The summed E-state index contributed by atoms with van der Waals surface area (Å²) in [7, 11) is 0. The molecule has 0 heterocycles. The minimum absolute atomic E-state index is 0.0575. The molecule has 0 unspecified atom stereocenters. The molecule has 0 atom stereocenters. The standard InChI is InChI=1S/C18H32F2O2/c1-3-5-7-8-9-10-13-17(21)22-16-12-15-18(19,20)14-11-6-4-2/h12,15H,3-11,13-14,16H2,1-2H3/b15-12+. The molecule has 0 aliphatic heterocycles. The van der Waals surface area contributed by atoms with E-state index in [4.69, 9.17) is 4.74 Å². The fraction of sp³-hybridized carbons (Fsp3) is 0.833. The molecule has 4 heteroatoms. The molecule has 0 aliphatic carbocycles. The van der Waals surface area contributed by atoms with Crippen LogP contribution in [-0.4, -0.2) is 18.5 Å². The lowest BCUT2D eigenvalue weighted by atomic mass is 10.1. The van der Waals surface area contributed by atoms with Crippen LogP contribution in [0.25, 0.3) is 0 Å². The average molecular weight is 318 g/mol. The van der Waals surface area contributed by atoms with Gasteiger partial charge in [0.1, 0.15) is 6.61 Å². The Labute approximate surface area is 134 Å². The molecule has 22 heavy (non-hydrogen) atoms. The first-order chi connectivity index (χ1) is 10.5. The van der Waals surface area contributed by atoms with E-state index in [1.54, 1.807) is 0 Å². The van der Waals surface area contributed by atoms with Crippen molar-refractivity contribution in [2.45, 2.75) is 90.4 Å². The fourth-order valence-corrected chi connectivity index (χ4v) is 2.18. The van der Waals surface area contributed by atoms with Crippen molar-refractivity contribution < 1.29 is 18.3 Å². The predicted molar refractivity (Wildman–Crippen MR) is 87.2 cm³/mol. The van der Waals surface area contributed by atoms with E-state index in [2.05, 4.69) is 6.92 Å². The third-order valence-electron chi connectivity index (χ3n) is 3.55. The summed E-state index contributed by atoms with van der Waals surface area (Å²) in [5, 5.41) is 0. The highest BCUT2D eigenvalue weighted by Gasteiger charge is 2.23. The molecular weight excluding hydrogens is 286 g/mol. The number of carbonyl (C=O) groups is 1. The third kappa shape index (κ3) is 14.0. The zero-order valence-corrected chi connectivity index (χ0v) is 14.2. The van der Waals surface area contributed by atoms with Crippen molar-refractivity contribution in [3.63, 3.8) is 0 Å². The summed E-state index contributed by atoms with van der Waals surface area (Å²) in [4.78, 5) is 11.4. The highest BCUT2D eigenvalue weighted by atomic mass is 19.3. The van der Waals surface area contributed by atoms with Crippen LogP contribution in [0.4, 0.5) is 8.78 Å². The molecule has 0 amide bonds. The predicted octanol–water partition coefficient (Wildman–Crippen LogP) is 6.05. The van der Waals surface area contributed by atoms with E-state index >= 15 is 0 Å². The summed E-state index contributed by atoms with van der Waals surface area (Å²) >= 11 is 0. The van der Waals surface area contributed by atoms with Crippen molar-refractivity contribution in [2.24, 2.45) is 0 Å². The molecule has 0 radical (unpaired) electrons. The summed E-state index contributed by atoms with van der Waals surface area (Å²) in [6.45, 7) is 4.09. The summed E-state index contributed by atoms with van der Waals surface area (Å²) in [6, 6.07) is 0. The number of halogens is 2. The first-order valence-corrected chi connectivity index (χ1v) is 8.73. The number of unbranched alkanes of at least 4 members (excludes halogenated alkanes) is 7. The van der Waals surface area contributed by atoms with Gasteiger partial charge in [-0.15, -0.1) is 0 Å². The Bertz CT molecular complexity index is 301. The molecule has 0 spiro atoms. The lowest BCUT2D eigenvalue weighted by Gasteiger charge is -2.11. The van der Waals surface area contributed by atoms with Gasteiger partial charge < -0.3 is 4.74 Å². The molecule has 0 saturated carbocycles. The highest BCUT2D eigenvalue weighted by molar-refractivity contribution is 5.69. The molecule has 0 fully saturated rings. The number of alkyl halides is 2. The first kappa shape index (κ1) is 21.1. The molecule has 2 nitrogen and oxygen atoms in total. The van der Waals surface area contributed by atoms with Gasteiger partial charge in [-0.05, 0) is 25.0 Å². The molecule has 0 saturated heterocycles. The van der Waals surface area contributed by atoms with Crippen LogP contribution < -0.4 is 0 Å². The minimum atomic E-state index is -2.79. The van der Waals surface area contributed by atoms with Crippen LogP contribution in [0.3, 0.4) is 0 Å². The number of carbonyl (C=O) groups excluding carboxylic acids is 1. The maximum Gasteiger partial charge on any atom is 0.306 e. The Morgan fingerprint density at radius 1 is 0.955 bits per heavy atom. The van der Waals surface area contributed by atoms with Gasteiger partial charge in [-0.2, -0.15) is 0 Å². The SMILES string of the molecule is CCCCCCCCC(=O)OC/C=C/C(F)(F)CCCCC. The average Bonchev–Trinajstić information content (AvgIpc) is 2.47. The van der Waals surface area contributed by atoms with Gasteiger partial charge in [0.25, 0.3) is 5.92 Å². The largest absolute Gasteiger partial charge is 0.461 e. The Hall–Kier alpha value is -0.930. The molecular formula is C18H32F2O2. The van der Waals surface area contributed by atoms with Gasteiger partial charge in [-0.25, -0.2) is 8.78 Å². The highest BCUT2D eigenvalue weighted by Crippen LogP contribution is 2.23. The van der Waals surface area contributed by atoms with Crippen molar-refractivity contribution >= 4 is 5.97 Å². The van der Waals surface area contributed by atoms with Gasteiger partial charge in [0.2, 0.25) is 0 Å². The van der Waals surface area contributed by atoms with Crippen molar-refractivity contribution in [1.29, 1.82) is 0 Å². The van der Waals surface area contributed by atoms with Gasteiger partial charge in [-0.1, -0.05) is 58.8 Å². The Balaban J connectivity index is 3.63. The van der Waals surface area contributed by atoms with E-state index in [0.29, 0.717) is 12.8 Å². The van der Waals surface area contributed by atoms with E-state index in [0.717, 1.165) is 38.2 Å². The van der Waals surface area contributed by atoms with Crippen LogP contribution in [0.2, 0.25) is 0 Å². The van der Waals surface area contributed by atoms with E-state index in [-0.39, 0.29) is 19.0 Å². The zero-order valence-electron chi connectivity index (χ0n) is 14.2. The maximum absolute atomic E-state index is 13.4. The van der Waals surface area contributed by atoms with Gasteiger partial charge in [0, 0.05) is 12.8 Å². The lowest BCUT2D eigenvalue weighted by molar-refractivity contribution is -0.142. The Kier molecular flexibility index (Phi) is 13.1. The summed E-state index contributed by atoms with van der Waals surface area (Å²) in [5.41, 5.74) is 0. The zero-order chi connectivity index (χ0) is 16.7. The van der Waals surface area contributed by atoms with E-state index in [9.17, 15) is 13.6 Å². The second-order valence-electron chi connectivity index (χ2n) is 5.82. The van der Waals surface area contributed by atoms with Crippen molar-refractivity contribution in [1.82, 2.24) is 0 Å². The number of allylic oxidation sites excluding steroid dienone is 1. The molecule has 130 valence electrons. The van der Waals surface area contributed by atoms with E-state index < -0.39 is 5.92 Å². The molecule has 0 rings (SSSR count). The molecule has 0 aromatic rings. The monoisotopic (exact) mass is 318 g/mol. The van der Waals surface area contributed by atoms with Crippen molar-refractivity contribution in [2.75, 3.05) is 6.61 Å². The second kappa shape index (κ2) is 13.7. The van der Waals surface area contributed by atoms with Gasteiger partial charge >= 0.3 is 5.97 Å². The number of rotatable bonds is 14. The van der Waals surface area contributed by atoms with Gasteiger partial charge in [0.15, 0.2) is 0 Å². The van der Waals surface area contributed by atoms with Crippen LogP contribution in [0.5, 0.6) is 0 Å². The number of hydrogen-bond acceptors (Lipinski definition) is 2. The molecule has 0 aromatic heterocycles. The lowest BCUT2D eigenvalue weighted by Crippen LogP contribution is -2.12. The first-order valence-electron chi connectivity index (χ1n) is 8.73. The maximum atomic E-state index is 13.4. The van der Waals surface area contributed by atoms with Crippen molar-refractivity contribution in [3.05, 3.63) is 12.2 Å². The van der Waals surface area contributed by atoms with Crippen molar-refractivity contribution in [3.8, 4) is 0 Å². The number of esters is 1. The molecule has 0 aromatic carbocycles. The Morgan fingerprint density at radius 2 is 1.55 bits per heavy atom. The third-order valence-corrected chi connectivity index (χ3v) is 3.55. The van der Waals surface area contributed by atoms with Gasteiger partial charge in [-0.3, -0.25) is 4.79 Å². The Morgan fingerprint density at radius 3 is 2.23 bits per heavy atom. The second-order valence-corrected chi connectivity index (χ2v) is 5.82. The quantitative estimate of drug-likeness (QED) is 0.221. The van der Waals surface area contributed by atoms with Crippen LogP contribution in [0.1, 0.15) is 84.5 Å². The molecule has 0 aliphatic rings. The topological polar surface area (TPSA) is 26.3 Å². The van der Waals surface area contributed by atoms with E-state index in [1.165, 1.54) is 25.3 Å². The van der Waals surface area contributed by atoms with Gasteiger partial charge in [0.05, 0.1) is 0 Å². The summed E-state index contributed by atoms with van der Waals surface area (Å²) in [6.07, 6.45) is 11.3. The van der Waals surface area contributed by atoms with Crippen LogP contribution in [-0.2, 0) is 9.53 Å². The molecule has 0 bridgehead atoms. The van der Waals surface area contributed by atoms with Crippen LogP contribution in [0.15, 0.2) is 12.2 Å².